The number of anilines is 1. The fraction of sp³-hybridized carbons (Fsp3) is 0.647. The van der Waals surface area contributed by atoms with E-state index < -0.39 is 0 Å². The summed E-state index contributed by atoms with van der Waals surface area (Å²) in [4.78, 5) is 4.82. The highest BCUT2D eigenvalue weighted by atomic mass is 35.5. The molecule has 0 radical (unpaired) electrons. The molecule has 2 N–H and O–H groups in total. The van der Waals surface area contributed by atoms with Gasteiger partial charge in [0, 0.05) is 36.9 Å². The second kappa shape index (κ2) is 8.02. The second-order valence-electron chi connectivity index (χ2n) is 6.12. The van der Waals surface area contributed by atoms with E-state index in [4.69, 9.17) is 17.3 Å². The van der Waals surface area contributed by atoms with Crippen LogP contribution < -0.4 is 10.6 Å². The van der Waals surface area contributed by atoms with Gasteiger partial charge in [-0.1, -0.05) is 24.6 Å². The Bertz CT molecular complexity index is 444. The lowest BCUT2D eigenvalue weighted by molar-refractivity contribution is 0.346. The molecular formula is C17H28ClN3. The molecule has 1 aromatic rings. The normalized spacial score (nSPS) is 17.1. The van der Waals surface area contributed by atoms with Gasteiger partial charge in [0.2, 0.25) is 0 Å². The first-order valence-electron chi connectivity index (χ1n) is 8.07. The van der Waals surface area contributed by atoms with Crippen molar-refractivity contribution in [1.82, 2.24) is 4.90 Å². The minimum Gasteiger partial charge on any atom is -0.373 e. The highest BCUT2D eigenvalue weighted by Gasteiger charge is 2.13. The fourth-order valence-electron chi connectivity index (χ4n) is 2.79. The van der Waals surface area contributed by atoms with Crippen molar-refractivity contribution in [3.8, 4) is 0 Å². The van der Waals surface area contributed by atoms with Crippen LogP contribution in [0.2, 0.25) is 5.02 Å². The summed E-state index contributed by atoms with van der Waals surface area (Å²) in [7, 11) is 2.14. The third-order valence-electron chi connectivity index (χ3n) is 4.43. The lowest BCUT2D eigenvalue weighted by Crippen LogP contribution is -2.31. The molecule has 2 rings (SSSR count). The van der Waals surface area contributed by atoms with Crippen LogP contribution in [0.5, 0.6) is 0 Å². The molecule has 1 aliphatic rings. The molecule has 118 valence electrons. The Labute approximate surface area is 134 Å². The van der Waals surface area contributed by atoms with E-state index in [-0.39, 0.29) is 6.04 Å². The maximum atomic E-state index is 6.41. The number of hydrogen-bond acceptors (Lipinski definition) is 3. The van der Waals surface area contributed by atoms with Crippen LogP contribution in [0, 0.1) is 0 Å². The van der Waals surface area contributed by atoms with Gasteiger partial charge in [-0.3, -0.25) is 0 Å². The lowest BCUT2D eigenvalue weighted by Gasteiger charge is -2.24. The summed E-state index contributed by atoms with van der Waals surface area (Å²) in [6, 6.07) is 6.55. The van der Waals surface area contributed by atoms with Gasteiger partial charge < -0.3 is 15.5 Å². The number of likely N-dealkylation sites (N-methyl/N-ethyl adjacent to an activating group) is 1. The Hall–Kier alpha value is -0.770. The van der Waals surface area contributed by atoms with Crippen LogP contribution in [0.15, 0.2) is 18.2 Å². The number of halogens is 1. The Morgan fingerprint density at radius 2 is 2.05 bits per heavy atom. The van der Waals surface area contributed by atoms with Crippen molar-refractivity contribution < 1.29 is 0 Å². The maximum Gasteiger partial charge on any atom is 0.0459 e. The van der Waals surface area contributed by atoms with Crippen molar-refractivity contribution in [2.24, 2.45) is 5.73 Å². The zero-order chi connectivity index (χ0) is 15.2. The van der Waals surface area contributed by atoms with Crippen LogP contribution in [0.4, 0.5) is 5.69 Å². The number of benzene rings is 1. The molecule has 3 nitrogen and oxygen atoms in total. The van der Waals surface area contributed by atoms with Gasteiger partial charge in [0.25, 0.3) is 0 Å². The molecule has 0 aliphatic carbocycles. The molecule has 0 amide bonds. The van der Waals surface area contributed by atoms with Gasteiger partial charge in [0.15, 0.2) is 0 Å². The van der Waals surface area contributed by atoms with E-state index in [1.807, 2.05) is 0 Å². The molecule has 0 saturated carbocycles. The first kappa shape index (κ1) is 16.6. The molecule has 0 bridgehead atoms. The van der Waals surface area contributed by atoms with E-state index in [0.717, 1.165) is 36.5 Å². The van der Waals surface area contributed by atoms with Gasteiger partial charge in [-0.2, -0.15) is 0 Å². The minimum absolute atomic E-state index is 0.196. The van der Waals surface area contributed by atoms with Crippen LogP contribution in [0.1, 0.15) is 31.7 Å². The van der Waals surface area contributed by atoms with Gasteiger partial charge in [-0.25, -0.2) is 0 Å². The molecule has 1 aliphatic heterocycles. The fourth-order valence-corrected chi connectivity index (χ4v) is 3.04. The van der Waals surface area contributed by atoms with E-state index >= 15 is 0 Å². The van der Waals surface area contributed by atoms with Crippen molar-refractivity contribution >= 4 is 17.3 Å². The first-order valence-corrected chi connectivity index (χ1v) is 8.45. The molecule has 21 heavy (non-hydrogen) atoms. The SMILES string of the molecule is CCC(N)Cc1ccc(N(C)CCN2CCCC2)cc1Cl. The molecule has 1 unspecified atom stereocenters. The predicted octanol–water partition coefficient (Wildman–Crippen LogP) is 3.15. The maximum absolute atomic E-state index is 6.41. The summed E-state index contributed by atoms with van der Waals surface area (Å²) in [5.74, 6) is 0. The van der Waals surface area contributed by atoms with Crippen molar-refractivity contribution in [2.45, 2.75) is 38.6 Å². The van der Waals surface area contributed by atoms with Gasteiger partial charge in [-0.05, 0) is 56.5 Å². The summed E-state index contributed by atoms with van der Waals surface area (Å²) < 4.78 is 0. The van der Waals surface area contributed by atoms with Crippen molar-refractivity contribution in [1.29, 1.82) is 0 Å². The highest BCUT2D eigenvalue weighted by molar-refractivity contribution is 6.31. The third kappa shape index (κ3) is 4.87. The van der Waals surface area contributed by atoms with Crippen molar-refractivity contribution in [3.63, 3.8) is 0 Å². The van der Waals surface area contributed by atoms with E-state index in [2.05, 4.69) is 42.0 Å². The summed E-state index contributed by atoms with van der Waals surface area (Å²) in [5, 5.41) is 0.837. The largest absolute Gasteiger partial charge is 0.373 e. The average Bonchev–Trinajstić information content (AvgIpc) is 3.00. The number of nitrogens with zero attached hydrogens (tertiary/aromatic N) is 2. The zero-order valence-electron chi connectivity index (χ0n) is 13.3. The standard InChI is InChI=1S/C17H28ClN3/c1-3-15(19)12-14-6-7-16(13-17(14)18)20(2)10-11-21-8-4-5-9-21/h6-7,13,15H,3-5,8-12,19H2,1-2H3. The Morgan fingerprint density at radius 1 is 1.33 bits per heavy atom. The van der Waals surface area contributed by atoms with Gasteiger partial charge in [0.1, 0.15) is 0 Å². The summed E-state index contributed by atoms with van der Waals surface area (Å²) in [5.41, 5.74) is 8.36. The van der Waals surface area contributed by atoms with Crippen LogP contribution in [0.25, 0.3) is 0 Å². The van der Waals surface area contributed by atoms with Crippen LogP contribution in [0.3, 0.4) is 0 Å². The average molecular weight is 310 g/mol. The second-order valence-corrected chi connectivity index (χ2v) is 6.53. The van der Waals surface area contributed by atoms with Gasteiger partial charge in [0.05, 0.1) is 0 Å². The molecule has 1 heterocycles. The smallest absolute Gasteiger partial charge is 0.0459 e. The number of hydrogen-bond donors (Lipinski definition) is 1. The minimum atomic E-state index is 0.196. The van der Waals surface area contributed by atoms with Gasteiger partial charge >= 0.3 is 0 Å². The van der Waals surface area contributed by atoms with Crippen LogP contribution in [-0.4, -0.2) is 44.2 Å². The summed E-state index contributed by atoms with van der Waals surface area (Å²) in [6.45, 7) is 6.80. The molecule has 4 heteroatoms. The molecule has 1 saturated heterocycles. The summed E-state index contributed by atoms with van der Waals surface area (Å²) in [6.07, 6.45) is 4.53. The quantitative estimate of drug-likeness (QED) is 0.840. The van der Waals surface area contributed by atoms with E-state index in [1.165, 1.54) is 31.6 Å². The van der Waals surface area contributed by atoms with Crippen LogP contribution in [-0.2, 0) is 6.42 Å². The molecule has 1 atom stereocenters. The molecule has 0 spiro atoms. The highest BCUT2D eigenvalue weighted by Crippen LogP contribution is 2.24. The summed E-state index contributed by atoms with van der Waals surface area (Å²) >= 11 is 6.41. The molecule has 1 fully saturated rings. The number of rotatable bonds is 7. The topological polar surface area (TPSA) is 32.5 Å². The first-order chi connectivity index (χ1) is 10.1. The Balaban J connectivity index is 1.91. The van der Waals surface area contributed by atoms with E-state index in [1.54, 1.807) is 0 Å². The molecular weight excluding hydrogens is 282 g/mol. The molecule has 1 aromatic carbocycles. The van der Waals surface area contributed by atoms with Gasteiger partial charge in [-0.15, -0.1) is 0 Å². The van der Waals surface area contributed by atoms with E-state index in [0.29, 0.717) is 0 Å². The lowest BCUT2D eigenvalue weighted by atomic mass is 10.0. The Kier molecular flexibility index (Phi) is 6.34. The number of nitrogens with two attached hydrogens (primary N) is 1. The monoisotopic (exact) mass is 309 g/mol. The zero-order valence-corrected chi connectivity index (χ0v) is 14.1. The Morgan fingerprint density at radius 3 is 2.67 bits per heavy atom. The van der Waals surface area contributed by atoms with Crippen molar-refractivity contribution in [2.75, 3.05) is 38.1 Å². The van der Waals surface area contributed by atoms with Crippen LogP contribution >= 0.6 is 11.6 Å². The molecule has 0 aromatic heterocycles. The predicted molar refractivity (Wildman–Crippen MR) is 92.4 cm³/mol. The van der Waals surface area contributed by atoms with E-state index in [9.17, 15) is 0 Å². The third-order valence-corrected chi connectivity index (χ3v) is 4.79. The number of likely N-dealkylation sites (tertiary alicyclic amines) is 1. The van der Waals surface area contributed by atoms with Crippen molar-refractivity contribution in [3.05, 3.63) is 28.8 Å².